The number of halogens is 1. The van der Waals surface area contributed by atoms with Crippen LogP contribution in [0.15, 0.2) is 50.1 Å². The average molecular weight is 395 g/mol. The molecule has 0 saturated carbocycles. The number of hydrogen-bond donors (Lipinski definition) is 0. The van der Waals surface area contributed by atoms with Gasteiger partial charge in [0.25, 0.3) is 5.89 Å². The highest BCUT2D eigenvalue weighted by Gasteiger charge is 2.11. The van der Waals surface area contributed by atoms with E-state index in [0.717, 1.165) is 10.0 Å². The number of rotatable bonds is 6. The quantitative estimate of drug-likeness (QED) is 0.593. The number of aromatic nitrogens is 2. The maximum atomic E-state index is 11.6. The van der Waals surface area contributed by atoms with Crippen molar-refractivity contribution in [2.75, 3.05) is 6.61 Å². The first-order chi connectivity index (χ1) is 11.2. The molecule has 0 N–H and O–H groups in total. The molecule has 6 nitrogen and oxygen atoms in total. The standard InChI is InChI=1S/C15H11BrN2O4S/c16-11-1-3-12(4-2-11)20-8-14(19)21-7-13-17-15(18-22-13)10-5-6-23-9-10/h1-6,9H,7-8H2. The Labute approximate surface area is 144 Å². The van der Waals surface area contributed by atoms with Gasteiger partial charge in [-0.3, -0.25) is 0 Å². The summed E-state index contributed by atoms with van der Waals surface area (Å²) in [6.45, 7) is -0.271. The number of carbonyl (C=O) groups is 1. The Bertz CT molecular complexity index is 771. The zero-order valence-electron chi connectivity index (χ0n) is 11.8. The van der Waals surface area contributed by atoms with Crippen molar-refractivity contribution in [1.29, 1.82) is 0 Å². The molecule has 0 atom stereocenters. The highest BCUT2D eigenvalue weighted by atomic mass is 79.9. The molecule has 2 heterocycles. The molecule has 3 aromatic rings. The highest BCUT2D eigenvalue weighted by Crippen LogP contribution is 2.19. The fourth-order valence-electron chi connectivity index (χ4n) is 1.68. The summed E-state index contributed by atoms with van der Waals surface area (Å²) in [6.07, 6.45) is 0. The number of thiophene rings is 1. The summed E-state index contributed by atoms with van der Waals surface area (Å²) in [6, 6.07) is 9.04. The van der Waals surface area contributed by atoms with Crippen LogP contribution in [-0.2, 0) is 16.1 Å². The molecule has 0 unspecified atom stereocenters. The molecule has 0 aliphatic carbocycles. The molecule has 0 radical (unpaired) electrons. The van der Waals surface area contributed by atoms with Gasteiger partial charge in [0.1, 0.15) is 5.75 Å². The van der Waals surface area contributed by atoms with E-state index in [1.54, 1.807) is 23.5 Å². The van der Waals surface area contributed by atoms with Crippen LogP contribution < -0.4 is 4.74 Å². The second kappa shape index (κ2) is 7.38. The van der Waals surface area contributed by atoms with Gasteiger partial charge in [0.05, 0.1) is 0 Å². The van der Waals surface area contributed by atoms with Crippen molar-refractivity contribution in [2.24, 2.45) is 0 Å². The van der Waals surface area contributed by atoms with Crippen LogP contribution in [0.3, 0.4) is 0 Å². The molecule has 0 saturated heterocycles. The summed E-state index contributed by atoms with van der Waals surface area (Å²) in [5, 5.41) is 7.66. The maximum Gasteiger partial charge on any atom is 0.344 e. The molecule has 2 aromatic heterocycles. The van der Waals surface area contributed by atoms with Crippen molar-refractivity contribution >= 4 is 33.2 Å². The zero-order valence-corrected chi connectivity index (χ0v) is 14.2. The van der Waals surface area contributed by atoms with E-state index in [1.807, 2.05) is 29.0 Å². The van der Waals surface area contributed by atoms with Crippen molar-refractivity contribution in [1.82, 2.24) is 10.1 Å². The van der Waals surface area contributed by atoms with E-state index in [2.05, 4.69) is 26.1 Å². The molecule has 0 amide bonds. The van der Waals surface area contributed by atoms with Gasteiger partial charge in [-0.2, -0.15) is 16.3 Å². The van der Waals surface area contributed by atoms with Gasteiger partial charge in [-0.1, -0.05) is 21.1 Å². The number of carbonyl (C=O) groups excluding carboxylic acids is 1. The number of hydrogen-bond acceptors (Lipinski definition) is 7. The lowest BCUT2D eigenvalue weighted by atomic mass is 10.3. The third-order valence-corrected chi connectivity index (χ3v) is 3.99. The van der Waals surface area contributed by atoms with Crippen molar-refractivity contribution in [2.45, 2.75) is 6.61 Å². The third-order valence-electron chi connectivity index (χ3n) is 2.77. The van der Waals surface area contributed by atoms with E-state index < -0.39 is 5.97 Å². The van der Waals surface area contributed by atoms with Gasteiger partial charge in [-0.15, -0.1) is 0 Å². The average Bonchev–Trinajstić information content (AvgIpc) is 3.23. The fraction of sp³-hybridized carbons (Fsp3) is 0.133. The van der Waals surface area contributed by atoms with E-state index in [0.29, 0.717) is 11.6 Å². The van der Waals surface area contributed by atoms with Crippen LogP contribution in [0.5, 0.6) is 5.75 Å². The van der Waals surface area contributed by atoms with Gasteiger partial charge in [0, 0.05) is 15.4 Å². The van der Waals surface area contributed by atoms with E-state index in [-0.39, 0.29) is 19.1 Å². The minimum Gasteiger partial charge on any atom is -0.482 e. The van der Waals surface area contributed by atoms with Crippen LogP contribution in [0.4, 0.5) is 0 Å². The normalized spacial score (nSPS) is 10.5. The topological polar surface area (TPSA) is 74.5 Å². The Morgan fingerprint density at radius 1 is 1.26 bits per heavy atom. The first kappa shape index (κ1) is 15.7. The van der Waals surface area contributed by atoms with Crippen LogP contribution in [0.1, 0.15) is 5.89 Å². The predicted molar refractivity (Wildman–Crippen MR) is 87.0 cm³/mol. The number of esters is 1. The van der Waals surface area contributed by atoms with Gasteiger partial charge in [-0.25, -0.2) is 4.79 Å². The Morgan fingerprint density at radius 2 is 2.09 bits per heavy atom. The number of benzene rings is 1. The molecular weight excluding hydrogens is 384 g/mol. The van der Waals surface area contributed by atoms with Crippen molar-refractivity contribution in [3.63, 3.8) is 0 Å². The van der Waals surface area contributed by atoms with E-state index in [9.17, 15) is 4.79 Å². The highest BCUT2D eigenvalue weighted by molar-refractivity contribution is 9.10. The minimum atomic E-state index is -0.511. The Balaban J connectivity index is 1.46. The largest absolute Gasteiger partial charge is 0.482 e. The van der Waals surface area contributed by atoms with Gasteiger partial charge < -0.3 is 14.0 Å². The van der Waals surface area contributed by atoms with Gasteiger partial charge in [0.2, 0.25) is 5.82 Å². The monoisotopic (exact) mass is 394 g/mol. The van der Waals surface area contributed by atoms with Crippen molar-refractivity contribution < 1.29 is 18.8 Å². The number of ether oxygens (including phenoxy) is 2. The molecule has 0 aliphatic heterocycles. The van der Waals surface area contributed by atoms with Crippen molar-refractivity contribution in [3.05, 3.63) is 51.5 Å². The lowest BCUT2D eigenvalue weighted by Crippen LogP contribution is -2.14. The summed E-state index contributed by atoms with van der Waals surface area (Å²) in [5.74, 6) is 0.789. The molecule has 1 aromatic carbocycles. The molecular formula is C15H11BrN2O4S. The van der Waals surface area contributed by atoms with Crippen LogP contribution in [-0.4, -0.2) is 22.7 Å². The van der Waals surface area contributed by atoms with Crippen LogP contribution in [0, 0.1) is 0 Å². The molecule has 0 spiro atoms. The molecule has 118 valence electrons. The van der Waals surface area contributed by atoms with Crippen LogP contribution in [0.2, 0.25) is 0 Å². The Kier molecular flexibility index (Phi) is 5.04. The van der Waals surface area contributed by atoms with Gasteiger partial charge in [-0.05, 0) is 35.7 Å². The summed E-state index contributed by atoms with van der Waals surface area (Å²) in [4.78, 5) is 15.8. The SMILES string of the molecule is O=C(COc1ccc(Br)cc1)OCc1nc(-c2ccsc2)no1. The summed E-state index contributed by atoms with van der Waals surface area (Å²) < 4.78 is 16.3. The molecule has 0 fully saturated rings. The minimum absolute atomic E-state index is 0.0837. The lowest BCUT2D eigenvalue weighted by molar-refractivity contribution is -0.148. The maximum absolute atomic E-state index is 11.6. The molecule has 3 rings (SSSR count). The molecule has 0 bridgehead atoms. The lowest BCUT2D eigenvalue weighted by Gasteiger charge is -2.05. The molecule has 23 heavy (non-hydrogen) atoms. The van der Waals surface area contributed by atoms with Crippen molar-refractivity contribution in [3.8, 4) is 17.1 Å². The molecule has 0 aliphatic rings. The fourth-order valence-corrected chi connectivity index (χ4v) is 2.58. The van der Waals surface area contributed by atoms with Gasteiger partial charge >= 0.3 is 5.97 Å². The second-order valence-electron chi connectivity index (χ2n) is 4.43. The Hall–Kier alpha value is -2.19. The van der Waals surface area contributed by atoms with E-state index in [1.165, 1.54) is 0 Å². The first-order valence-electron chi connectivity index (χ1n) is 6.60. The van der Waals surface area contributed by atoms with Gasteiger partial charge in [0.15, 0.2) is 13.2 Å². The molecule has 8 heteroatoms. The summed E-state index contributed by atoms with van der Waals surface area (Å²) in [7, 11) is 0. The Morgan fingerprint density at radius 3 is 2.83 bits per heavy atom. The number of nitrogens with zero attached hydrogens (tertiary/aromatic N) is 2. The summed E-state index contributed by atoms with van der Waals surface area (Å²) in [5.41, 5.74) is 0.870. The first-order valence-corrected chi connectivity index (χ1v) is 8.33. The third kappa shape index (κ3) is 4.40. The predicted octanol–water partition coefficient (Wildman–Crippen LogP) is 3.68. The van der Waals surface area contributed by atoms with Crippen LogP contribution >= 0.6 is 27.3 Å². The van der Waals surface area contributed by atoms with Crippen LogP contribution in [0.25, 0.3) is 11.4 Å². The zero-order chi connectivity index (χ0) is 16.1. The van der Waals surface area contributed by atoms with E-state index in [4.69, 9.17) is 14.0 Å². The summed E-state index contributed by atoms with van der Waals surface area (Å²) >= 11 is 4.86. The second-order valence-corrected chi connectivity index (χ2v) is 6.12. The van der Waals surface area contributed by atoms with E-state index >= 15 is 0 Å². The smallest absolute Gasteiger partial charge is 0.344 e.